The molecule has 0 radical (unpaired) electrons. The second-order valence-corrected chi connectivity index (χ2v) is 4.33. The quantitative estimate of drug-likeness (QED) is 0.846. The first-order valence-electron chi connectivity index (χ1n) is 5.43. The fourth-order valence-electron chi connectivity index (χ4n) is 1.52. The van der Waals surface area contributed by atoms with Crippen molar-refractivity contribution < 1.29 is 0 Å². The van der Waals surface area contributed by atoms with E-state index in [1.54, 1.807) is 6.20 Å². The molecule has 0 aliphatic carbocycles. The van der Waals surface area contributed by atoms with Crippen molar-refractivity contribution in [2.75, 3.05) is 5.32 Å². The van der Waals surface area contributed by atoms with Gasteiger partial charge in [-0.3, -0.25) is 4.98 Å². The van der Waals surface area contributed by atoms with Crippen LogP contribution in [0.3, 0.4) is 0 Å². The van der Waals surface area contributed by atoms with Crippen molar-refractivity contribution in [2.45, 2.75) is 20.4 Å². The topological polar surface area (TPSA) is 37.8 Å². The highest BCUT2D eigenvalue weighted by Crippen LogP contribution is 2.23. The van der Waals surface area contributed by atoms with E-state index in [9.17, 15) is 0 Å². The largest absolute Gasteiger partial charge is 0.377 e. The predicted octanol–water partition coefficient (Wildman–Crippen LogP) is 3.36. The molecule has 2 rings (SSSR count). The molecule has 4 heteroatoms. The number of halogens is 1. The lowest BCUT2D eigenvalue weighted by atomic mass is 10.2. The summed E-state index contributed by atoms with van der Waals surface area (Å²) < 4.78 is 0. The van der Waals surface area contributed by atoms with Crippen LogP contribution in [0.1, 0.15) is 16.8 Å². The maximum absolute atomic E-state index is 6.03. The summed E-state index contributed by atoms with van der Waals surface area (Å²) in [4.78, 5) is 8.38. The Kier molecular flexibility index (Phi) is 3.59. The predicted molar refractivity (Wildman–Crippen MR) is 70.3 cm³/mol. The summed E-state index contributed by atoms with van der Waals surface area (Å²) in [6, 6.07) is 5.97. The molecule has 0 atom stereocenters. The first-order chi connectivity index (χ1) is 8.16. The molecular weight excluding hydrogens is 234 g/mol. The van der Waals surface area contributed by atoms with Gasteiger partial charge in [0, 0.05) is 12.4 Å². The van der Waals surface area contributed by atoms with Crippen LogP contribution in [0.15, 0.2) is 30.6 Å². The number of aryl methyl sites for hydroxylation is 2. The molecule has 0 aliphatic heterocycles. The van der Waals surface area contributed by atoms with E-state index in [0.29, 0.717) is 11.7 Å². The molecular formula is C13H14ClN3. The van der Waals surface area contributed by atoms with E-state index in [2.05, 4.69) is 15.3 Å². The molecule has 0 fully saturated rings. The molecule has 2 aromatic heterocycles. The van der Waals surface area contributed by atoms with Crippen LogP contribution in [0.2, 0.25) is 5.15 Å². The van der Waals surface area contributed by atoms with Crippen LogP contribution in [0, 0.1) is 13.8 Å². The lowest BCUT2D eigenvalue weighted by Gasteiger charge is -2.10. The Balaban J connectivity index is 2.10. The van der Waals surface area contributed by atoms with Crippen molar-refractivity contribution in [3.8, 4) is 0 Å². The van der Waals surface area contributed by atoms with Crippen molar-refractivity contribution in [3.05, 3.63) is 52.6 Å². The number of hydrogen-bond acceptors (Lipinski definition) is 3. The van der Waals surface area contributed by atoms with Gasteiger partial charge >= 0.3 is 0 Å². The Labute approximate surface area is 106 Å². The monoisotopic (exact) mass is 247 g/mol. The van der Waals surface area contributed by atoms with Crippen molar-refractivity contribution in [1.29, 1.82) is 0 Å². The number of nitrogens with zero attached hydrogens (tertiary/aromatic N) is 2. The first-order valence-corrected chi connectivity index (χ1v) is 5.81. The second-order valence-electron chi connectivity index (χ2n) is 3.97. The average Bonchev–Trinajstić information content (AvgIpc) is 2.31. The van der Waals surface area contributed by atoms with Gasteiger partial charge in [0.25, 0.3) is 0 Å². The molecule has 0 saturated heterocycles. The maximum atomic E-state index is 6.03. The summed E-state index contributed by atoms with van der Waals surface area (Å²) in [6.07, 6.45) is 3.56. The molecule has 2 heterocycles. The van der Waals surface area contributed by atoms with Crippen LogP contribution < -0.4 is 5.32 Å². The molecule has 3 nitrogen and oxygen atoms in total. The van der Waals surface area contributed by atoms with Gasteiger partial charge in [0.05, 0.1) is 17.9 Å². The fourth-order valence-corrected chi connectivity index (χ4v) is 1.79. The van der Waals surface area contributed by atoms with Crippen LogP contribution in [-0.2, 0) is 6.54 Å². The lowest BCUT2D eigenvalue weighted by molar-refractivity contribution is 1.03. The minimum absolute atomic E-state index is 0.497. The zero-order valence-electron chi connectivity index (χ0n) is 9.87. The molecule has 88 valence electrons. The highest BCUT2D eigenvalue weighted by molar-refractivity contribution is 6.32. The minimum atomic E-state index is 0.497. The third-order valence-electron chi connectivity index (χ3n) is 2.53. The zero-order valence-corrected chi connectivity index (χ0v) is 10.6. The standard InChI is InChI=1S/C13H14ClN3/c1-9-3-4-11(16-7-9)8-17-12-10(2)5-6-15-13(12)14/h3-7,17H,8H2,1-2H3. The average molecular weight is 248 g/mol. The van der Waals surface area contributed by atoms with Crippen molar-refractivity contribution >= 4 is 17.3 Å². The van der Waals surface area contributed by atoms with E-state index < -0.39 is 0 Å². The van der Waals surface area contributed by atoms with Crippen molar-refractivity contribution in [3.63, 3.8) is 0 Å². The Bertz CT molecular complexity index is 488. The Morgan fingerprint density at radius 3 is 2.65 bits per heavy atom. The van der Waals surface area contributed by atoms with Gasteiger partial charge in [0.2, 0.25) is 0 Å². The molecule has 0 bridgehead atoms. The summed E-state index contributed by atoms with van der Waals surface area (Å²) in [5.41, 5.74) is 4.09. The summed E-state index contributed by atoms with van der Waals surface area (Å²) >= 11 is 6.03. The number of hydrogen-bond donors (Lipinski definition) is 1. The van der Waals surface area contributed by atoms with Gasteiger partial charge in [-0.2, -0.15) is 0 Å². The second kappa shape index (κ2) is 5.15. The number of rotatable bonds is 3. The number of aromatic nitrogens is 2. The first kappa shape index (κ1) is 11.9. The van der Waals surface area contributed by atoms with Gasteiger partial charge in [-0.05, 0) is 37.1 Å². The molecule has 2 aromatic rings. The van der Waals surface area contributed by atoms with E-state index in [-0.39, 0.29) is 0 Å². The van der Waals surface area contributed by atoms with Crippen LogP contribution in [0.25, 0.3) is 0 Å². The fraction of sp³-hybridized carbons (Fsp3) is 0.231. The Hall–Kier alpha value is -1.61. The lowest BCUT2D eigenvalue weighted by Crippen LogP contribution is -2.04. The molecule has 0 saturated carbocycles. The maximum Gasteiger partial charge on any atom is 0.152 e. The van der Waals surface area contributed by atoms with Gasteiger partial charge in [-0.1, -0.05) is 17.7 Å². The van der Waals surface area contributed by atoms with Crippen molar-refractivity contribution in [1.82, 2.24) is 9.97 Å². The summed E-state index contributed by atoms with van der Waals surface area (Å²) in [6.45, 7) is 4.66. The van der Waals surface area contributed by atoms with Crippen LogP contribution in [0.5, 0.6) is 0 Å². The molecule has 0 aromatic carbocycles. The third kappa shape index (κ3) is 2.94. The van der Waals surface area contributed by atoms with Gasteiger partial charge < -0.3 is 5.32 Å². The molecule has 0 aliphatic rings. The molecule has 1 N–H and O–H groups in total. The third-order valence-corrected chi connectivity index (χ3v) is 2.82. The minimum Gasteiger partial charge on any atom is -0.377 e. The molecule has 0 amide bonds. The van der Waals surface area contributed by atoms with Gasteiger partial charge in [-0.15, -0.1) is 0 Å². The van der Waals surface area contributed by atoms with E-state index >= 15 is 0 Å². The number of nitrogens with one attached hydrogen (secondary N) is 1. The van der Waals surface area contributed by atoms with E-state index in [1.807, 2.05) is 38.2 Å². The van der Waals surface area contributed by atoms with Gasteiger partial charge in [-0.25, -0.2) is 4.98 Å². The molecule has 0 unspecified atom stereocenters. The smallest absolute Gasteiger partial charge is 0.152 e. The van der Waals surface area contributed by atoms with E-state index in [4.69, 9.17) is 11.6 Å². The van der Waals surface area contributed by atoms with Gasteiger partial charge in [0.1, 0.15) is 0 Å². The Morgan fingerprint density at radius 2 is 2.00 bits per heavy atom. The van der Waals surface area contributed by atoms with Crippen LogP contribution in [0.4, 0.5) is 5.69 Å². The number of anilines is 1. The van der Waals surface area contributed by atoms with E-state index in [0.717, 1.165) is 22.5 Å². The van der Waals surface area contributed by atoms with Crippen LogP contribution in [-0.4, -0.2) is 9.97 Å². The number of pyridine rings is 2. The van der Waals surface area contributed by atoms with E-state index in [1.165, 1.54) is 0 Å². The summed E-state index contributed by atoms with van der Waals surface area (Å²) in [7, 11) is 0. The normalized spacial score (nSPS) is 10.3. The van der Waals surface area contributed by atoms with Crippen molar-refractivity contribution in [2.24, 2.45) is 0 Å². The van der Waals surface area contributed by atoms with Crippen LogP contribution >= 0.6 is 11.6 Å². The zero-order chi connectivity index (χ0) is 12.3. The highest BCUT2D eigenvalue weighted by atomic mass is 35.5. The van der Waals surface area contributed by atoms with Gasteiger partial charge in [0.15, 0.2) is 5.15 Å². The SMILES string of the molecule is Cc1ccc(CNc2c(C)ccnc2Cl)nc1. The Morgan fingerprint density at radius 1 is 1.18 bits per heavy atom. The highest BCUT2D eigenvalue weighted by Gasteiger charge is 2.04. The molecule has 0 spiro atoms. The summed E-state index contributed by atoms with van der Waals surface area (Å²) in [5, 5.41) is 3.76. The molecule has 17 heavy (non-hydrogen) atoms. The summed E-state index contributed by atoms with van der Waals surface area (Å²) in [5.74, 6) is 0.